The van der Waals surface area contributed by atoms with Gasteiger partial charge < -0.3 is 10.5 Å². The molecule has 0 saturated carbocycles. The zero-order valence-electron chi connectivity index (χ0n) is 12.3. The Bertz CT molecular complexity index is 549. The van der Waals surface area contributed by atoms with E-state index < -0.39 is 0 Å². The molecular weight excluding hydrogens is 248 g/mol. The van der Waals surface area contributed by atoms with E-state index in [1.807, 2.05) is 31.2 Å². The van der Waals surface area contributed by atoms with E-state index in [0.29, 0.717) is 5.92 Å². The molecule has 106 valence electrons. The van der Waals surface area contributed by atoms with Crippen LogP contribution in [0.1, 0.15) is 50.4 Å². The highest BCUT2D eigenvalue weighted by Gasteiger charge is 2.06. The van der Waals surface area contributed by atoms with Crippen molar-refractivity contribution in [3.8, 4) is 11.5 Å². The lowest BCUT2D eigenvalue weighted by atomic mass is 10.0. The maximum Gasteiger partial charge on any atom is 0.145 e. The Morgan fingerprint density at radius 2 is 1.95 bits per heavy atom. The molecule has 3 heteroatoms. The summed E-state index contributed by atoms with van der Waals surface area (Å²) in [6.45, 7) is 6.39. The van der Waals surface area contributed by atoms with Gasteiger partial charge in [0.1, 0.15) is 11.5 Å². The fourth-order valence-corrected chi connectivity index (χ4v) is 1.95. The maximum absolute atomic E-state index is 5.95. The van der Waals surface area contributed by atoms with Crippen molar-refractivity contribution in [2.24, 2.45) is 5.73 Å². The van der Waals surface area contributed by atoms with Crippen LogP contribution in [0.25, 0.3) is 0 Å². The van der Waals surface area contributed by atoms with Crippen LogP contribution in [0.3, 0.4) is 0 Å². The van der Waals surface area contributed by atoms with Gasteiger partial charge in [-0.25, -0.2) is 0 Å². The molecule has 2 rings (SSSR count). The molecule has 1 heterocycles. The predicted molar refractivity (Wildman–Crippen MR) is 82.1 cm³/mol. The van der Waals surface area contributed by atoms with Gasteiger partial charge in [0, 0.05) is 6.04 Å². The summed E-state index contributed by atoms with van der Waals surface area (Å²) in [6.07, 6.45) is 2.61. The minimum Gasteiger partial charge on any atom is -0.456 e. The number of ether oxygens (including phenoxy) is 1. The maximum atomic E-state index is 5.95. The summed E-state index contributed by atoms with van der Waals surface area (Å²) in [5.41, 5.74) is 8.11. The molecule has 0 aliphatic carbocycles. The SMILES string of the molecule is CC[C@H](N)c1ccc(Oc2cccc(C(C)C)c2)cn1. The van der Waals surface area contributed by atoms with Crippen LogP contribution in [-0.4, -0.2) is 4.98 Å². The third-order valence-electron chi connectivity index (χ3n) is 3.34. The van der Waals surface area contributed by atoms with Crippen molar-refractivity contribution in [1.29, 1.82) is 0 Å². The number of aromatic nitrogens is 1. The average molecular weight is 270 g/mol. The molecule has 1 aromatic carbocycles. The largest absolute Gasteiger partial charge is 0.456 e. The van der Waals surface area contributed by atoms with Gasteiger partial charge >= 0.3 is 0 Å². The standard InChI is InChI=1S/C17H22N2O/c1-4-16(18)17-9-8-15(11-19-17)20-14-7-5-6-13(10-14)12(2)3/h5-12,16H,4,18H2,1-3H3/t16-/m0/s1. The Morgan fingerprint density at radius 1 is 1.15 bits per heavy atom. The summed E-state index contributed by atoms with van der Waals surface area (Å²) < 4.78 is 5.83. The first-order chi connectivity index (χ1) is 9.60. The van der Waals surface area contributed by atoms with Crippen molar-refractivity contribution in [2.75, 3.05) is 0 Å². The quantitative estimate of drug-likeness (QED) is 0.875. The fourth-order valence-electron chi connectivity index (χ4n) is 1.95. The van der Waals surface area contributed by atoms with Gasteiger partial charge in [-0.2, -0.15) is 0 Å². The third-order valence-corrected chi connectivity index (χ3v) is 3.34. The Balaban J connectivity index is 2.12. The topological polar surface area (TPSA) is 48.1 Å². The van der Waals surface area contributed by atoms with E-state index in [2.05, 4.69) is 31.0 Å². The fraction of sp³-hybridized carbons (Fsp3) is 0.353. The first-order valence-electron chi connectivity index (χ1n) is 7.09. The molecule has 0 radical (unpaired) electrons. The van der Waals surface area contributed by atoms with E-state index in [9.17, 15) is 0 Å². The molecule has 2 N–H and O–H groups in total. The van der Waals surface area contributed by atoms with Crippen LogP contribution in [0.4, 0.5) is 0 Å². The molecule has 0 unspecified atom stereocenters. The van der Waals surface area contributed by atoms with Crippen molar-refractivity contribution >= 4 is 0 Å². The summed E-state index contributed by atoms with van der Waals surface area (Å²) in [7, 11) is 0. The monoisotopic (exact) mass is 270 g/mol. The molecule has 0 bridgehead atoms. The van der Waals surface area contributed by atoms with Crippen molar-refractivity contribution < 1.29 is 4.74 Å². The van der Waals surface area contributed by atoms with Gasteiger partial charge in [0.2, 0.25) is 0 Å². The summed E-state index contributed by atoms with van der Waals surface area (Å²) >= 11 is 0. The van der Waals surface area contributed by atoms with Crippen molar-refractivity contribution in [1.82, 2.24) is 4.98 Å². The van der Waals surface area contributed by atoms with E-state index in [1.165, 1.54) is 5.56 Å². The van der Waals surface area contributed by atoms with Gasteiger partial charge in [0.15, 0.2) is 0 Å². The first-order valence-corrected chi connectivity index (χ1v) is 7.09. The van der Waals surface area contributed by atoms with E-state index in [1.54, 1.807) is 6.20 Å². The molecule has 2 aromatic rings. The van der Waals surface area contributed by atoms with Crippen LogP contribution >= 0.6 is 0 Å². The van der Waals surface area contributed by atoms with E-state index >= 15 is 0 Å². The van der Waals surface area contributed by atoms with Crippen LogP contribution in [0.15, 0.2) is 42.6 Å². The summed E-state index contributed by atoms with van der Waals surface area (Å²) in [5.74, 6) is 2.06. The molecule has 0 aliphatic heterocycles. The van der Waals surface area contributed by atoms with Gasteiger partial charge in [-0.05, 0) is 42.2 Å². The Labute approximate surface area is 120 Å². The van der Waals surface area contributed by atoms with Crippen LogP contribution in [0, 0.1) is 0 Å². The van der Waals surface area contributed by atoms with E-state index in [0.717, 1.165) is 23.6 Å². The van der Waals surface area contributed by atoms with Crippen LogP contribution in [0.2, 0.25) is 0 Å². The molecule has 1 aromatic heterocycles. The van der Waals surface area contributed by atoms with Gasteiger partial charge in [0.05, 0.1) is 11.9 Å². The van der Waals surface area contributed by atoms with Gasteiger partial charge in [-0.3, -0.25) is 4.98 Å². The number of hydrogen-bond donors (Lipinski definition) is 1. The number of benzene rings is 1. The van der Waals surface area contributed by atoms with Crippen molar-refractivity contribution in [3.05, 3.63) is 53.9 Å². The third kappa shape index (κ3) is 3.58. The van der Waals surface area contributed by atoms with Gasteiger partial charge in [-0.15, -0.1) is 0 Å². The first kappa shape index (κ1) is 14.5. The second-order valence-electron chi connectivity index (χ2n) is 5.26. The molecule has 0 fully saturated rings. The lowest BCUT2D eigenvalue weighted by molar-refractivity contribution is 0.478. The summed E-state index contributed by atoms with van der Waals surface area (Å²) in [4.78, 5) is 4.35. The molecule has 20 heavy (non-hydrogen) atoms. The number of pyridine rings is 1. The summed E-state index contributed by atoms with van der Waals surface area (Å²) in [6, 6.07) is 12.0. The van der Waals surface area contributed by atoms with Gasteiger partial charge in [0.25, 0.3) is 0 Å². The molecule has 1 atom stereocenters. The number of hydrogen-bond acceptors (Lipinski definition) is 3. The highest BCUT2D eigenvalue weighted by atomic mass is 16.5. The highest BCUT2D eigenvalue weighted by molar-refractivity contribution is 5.34. The number of nitrogens with zero attached hydrogens (tertiary/aromatic N) is 1. The molecule has 3 nitrogen and oxygen atoms in total. The Hall–Kier alpha value is -1.87. The van der Waals surface area contributed by atoms with Crippen molar-refractivity contribution in [2.45, 2.75) is 39.2 Å². The second-order valence-corrected chi connectivity index (χ2v) is 5.26. The molecule has 0 saturated heterocycles. The van der Waals surface area contributed by atoms with Crippen LogP contribution in [0.5, 0.6) is 11.5 Å². The smallest absolute Gasteiger partial charge is 0.145 e. The van der Waals surface area contributed by atoms with E-state index in [-0.39, 0.29) is 6.04 Å². The Morgan fingerprint density at radius 3 is 2.55 bits per heavy atom. The average Bonchev–Trinajstić information content (AvgIpc) is 2.47. The second kappa shape index (κ2) is 6.53. The summed E-state index contributed by atoms with van der Waals surface area (Å²) in [5, 5.41) is 0. The van der Waals surface area contributed by atoms with Gasteiger partial charge in [-0.1, -0.05) is 32.9 Å². The van der Waals surface area contributed by atoms with E-state index in [4.69, 9.17) is 10.5 Å². The molecule has 0 spiro atoms. The molecule has 0 aliphatic rings. The lowest BCUT2D eigenvalue weighted by Crippen LogP contribution is -2.10. The predicted octanol–water partition coefficient (Wildman–Crippen LogP) is 4.41. The zero-order chi connectivity index (χ0) is 14.5. The molecule has 0 amide bonds. The molecular formula is C17H22N2O. The zero-order valence-corrected chi connectivity index (χ0v) is 12.3. The minimum absolute atomic E-state index is 0.00619. The van der Waals surface area contributed by atoms with Crippen LogP contribution in [-0.2, 0) is 0 Å². The van der Waals surface area contributed by atoms with Crippen LogP contribution < -0.4 is 10.5 Å². The normalized spacial score (nSPS) is 12.4. The number of nitrogens with two attached hydrogens (primary N) is 1. The highest BCUT2D eigenvalue weighted by Crippen LogP contribution is 2.25. The minimum atomic E-state index is -0.00619. The Kier molecular flexibility index (Phi) is 4.74. The number of rotatable bonds is 5. The lowest BCUT2D eigenvalue weighted by Gasteiger charge is -2.11. The van der Waals surface area contributed by atoms with Crippen molar-refractivity contribution in [3.63, 3.8) is 0 Å².